The van der Waals surface area contributed by atoms with Crippen LogP contribution in [0.5, 0.6) is 0 Å². The van der Waals surface area contributed by atoms with Gasteiger partial charge < -0.3 is 9.64 Å². The summed E-state index contributed by atoms with van der Waals surface area (Å²) >= 11 is 0. The summed E-state index contributed by atoms with van der Waals surface area (Å²) in [6, 6.07) is 4.16. The van der Waals surface area contributed by atoms with Gasteiger partial charge >= 0.3 is 5.97 Å². The average molecular weight is 276 g/mol. The minimum atomic E-state index is -0.135. The van der Waals surface area contributed by atoms with Crippen molar-refractivity contribution in [3.05, 3.63) is 17.8 Å². The van der Waals surface area contributed by atoms with Crippen molar-refractivity contribution in [3.63, 3.8) is 0 Å². The topological polar surface area (TPSA) is 67.3 Å². The molecule has 1 aromatic heterocycles. The van der Waals surface area contributed by atoms with E-state index in [2.05, 4.69) is 20.4 Å². The summed E-state index contributed by atoms with van der Waals surface area (Å²) in [5.74, 6) is 0.799. The number of hydrogen-bond acceptors (Lipinski definition) is 6. The molecule has 3 heterocycles. The Morgan fingerprint density at radius 1 is 1.35 bits per heavy atom. The fraction of sp³-hybridized carbons (Fsp3) is 0.643. The predicted molar refractivity (Wildman–Crippen MR) is 74.5 cm³/mol. The van der Waals surface area contributed by atoms with Gasteiger partial charge in [0.25, 0.3) is 0 Å². The smallest absolute Gasteiger partial charge is 0.323 e. The van der Waals surface area contributed by atoms with Crippen LogP contribution in [0.3, 0.4) is 0 Å². The van der Waals surface area contributed by atoms with Gasteiger partial charge in [0.15, 0.2) is 5.82 Å². The fourth-order valence-corrected chi connectivity index (χ4v) is 2.81. The van der Waals surface area contributed by atoms with Crippen molar-refractivity contribution in [3.8, 4) is 0 Å². The van der Waals surface area contributed by atoms with E-state index in [0.717, 1.165) is 43.9 Å². The third-order valence-corrected chi connectivity index (χ3v) is 3.90. The number of hydrogen-bond donors (Lipinski definition) is 1. The van der Waals surface area contributed by atoms with Gasteiger partial charge in [0, 0.05) is 25.6 Å². The zero-order valence-corrected chi connectivity index (χ0v) is 11.7. The lowest BCUT2D eigenvalue weighted by atomic mass is 10.0. The van der Waals surface area contributed by atoms with Crippen molar-refractivity contribution in [2.75, 3.05) is 24.6 Å². The second-order valence-corrected chi connectivity index (χ2v) is 5.49. The van der Waals surface area contributed by atoms with Crippen LogP contribution in [-0.2, 0) is 9.53 Å². The van der Waals surface area contributed by atoms with Crippen molar-refractivity contribution in [2.24, 2.45) is 0 Å². The zero-order valence-electron chi connectivity index (χ0n) is 11.7. The number of carbonyl (C=O) groups is 1. The number of anilines is 1. The molecule has 108 valence electrons. The van der Waals surface area contributed by atoms with Crippen LogP contribution in [0.1, 0.15) is 25.0 Å². The molecule has 0 radical (unpaired) electrons. The highest BCUT2D eigenvalue weighted by atomic mass is 16.5. The van der Waals surface area contributed by atoms with Gasteiger partial charge in [-0.05, 0) is 31.9 Å². The largest absolute Gasteiger partial charge is 0.464 e. The maximum Gasteiger partial charge on any atom is 0.323 e. The van der Waals surface area contributed by atoms with Crippen LogP contribution >= 0.6 is 0 Å². The molecule has 2 aliphatic heterocycles. The Hall–Kier alpha value is -1.69. The van der Waals surface area contributed by atoms with Crippen LogP contribution in [0.15, 0.2) is 12.1 Å². The maximum absolute atomic E-state index is 11.5. The van der Waals surface area contributed by atoms with E-state index in [9.17, 15) is 4.79 Å². The molecule has 2 fully saturated rings. The Morgan fingerprint density at radius 2 is 2.25 bits per heavy atom. The molecule has 3 rings (SSSR count). The number of carbonyl (C=O) groups excluding carboxylic acids is 1. The average Bonchev–Trinajstić information content (AvgIpc) is 2.85. The first-order chi connectivity index (χ1) is 9.72. The Balaban J connectivity index is 1.61. The van der Waals surface area contributed by atoms with Crippen LogP contribution in [0, 0.1) is 6.92 Å². The van der Waals surface area contributed by atoms with Gasteiger partial charge in [-0.1, -0.05) is 0 Å². The van der Waals surface area contributed by atoms with Crippen molar-refractivity contribution in [2.45, 2.75) is 38.3 Å². The van der Waals surface area contributed by atoms with E-state index in [4.69, 9.17) is 4.74 Å². The number of cyclic esters (lactones) is 1. The van der Waals surface area contributed by atoms with E-state index >= 15 is 0 Å². The molecule has 0 aromatic carbocycles. The monoisotopic (exact) mass is 276 g/mol. The van der Waals surface area contributed by atoms with E-state index in [1.165, 1.54) is 0 Å². The molecule has 1 aromatic rings. The van der Waals surface area contributed by atoms with E-state index in [1.54, 1.807) is 0 Å². The lowest BCUT2D eigenvalue weighted by Crippen LogP contribution is -2.50. The molecular formula is C14H20N4O2. The summed E-state index contributed by atoms with van der Waals surface area (Å²) in [4.78, 5) is 13.7. The summed E-state index contributed by atoms with van der Waals surface area (Å²) in [5, 5.41) is 11.8. The molecule has 6 heteroatoms. The minimum absolute atomic E-state index is 0.114. The van der Waals surface area contributed by atoms with Crippen molar-refractivity contribution in [1.29, 1.82) is 0 Å². The third-order valence-electron chi connectivity index (χ3n) is 3.90. The molecule has 0 saturated carbocycles. The van der Waals surface area contributed by atoms with Crippen LogP contribution in [0.25, 0.3) is 0 Å². The molecule has 6 nitrogen and oxygen atoms in total. The third kappa shape index (κ3) is 2.90. The summed E-state index contributed by atoms with van der Waals surface area (Å²) in [5.41, 5.74) is 0.925. The molecule has 0 spiro atoms. The van der Waals surface area contributed by atoms with Gasteiger partial charge in [-0.25, -0.2) is 0 Å². The summed E-state index contributed by atoms with van der Waals surface area (Å²) in [6.07, 6.45) is 2.95. The zero-order chi connectivity index (χ0) is 13.9. The van der Waals surface area contributed by atoms with Crippen LogP contribution in [-0.4, -0.2) is 47.9 Å². The van der Waals surface area contributed by atoms with Gasteiger partial charge in [0.2, 0.25) is 0 Å². The summed E-state index contributed by atoms with van der Waals surface area (Å²) < 4.78 is 4.99. The second-order valence-electron chi connectivity index (χ2n) is 5.49. The standard InChI is InChI=1S/C14H20N4O2/c1-10-4-5-13(17-16-10)18-7-2-3-11(9-18)15-12-6-8-20-14(12)19/h4-5,11-12,15H,2-3,6-9H2,1H3/t11-,12-/m1/s1. The number of nitrogens with zero attached hydrogens (tertiary/aromatic N) is 3. The van der Waals surface area contributed by atoms with Gasteiger partial charge in [0.1, 0.15) is 6.04 Å². The van der Waals surface area contributed by atoms with Crippen molar-refractivity contribution < 1.29 is 9.53 Å². The van der Waals surface area contributed by atoms with E-state index in [0.29, 0.717) is 12.6 Å². The minimum Gasteiger partial charge on any atom is -0.464 e. The van der Waals surface area contributed by atoms with E-state index in [1.807, 2.05) is 19.1 Å². The van der Waals surface area contributed by atoms with Gasteiger partial charge in [0.05, 0.1) is 12.3 Å². The highest BCUT2D eigenvalue weighted by Gasteiger charge is 2.30. The molecule has 0 aliphatic carbocycles. The first-order valence-electron chi connectivity index (χ1n) is 7.20. The van der Waals surface area contributed by atoms with E-state index < -0.39 is 0 Å². The van der Waals surface area contributed by atoms with Gasteiger partial charge in [-0.2, -0.15) is 5.10 Å². The van der Waals surface area contributed by atoms with Gasteiger partial charge in [-0.15, -0.1) is 5.10 Å². The van der Waals surface area contributed by atoms with Crippen LogP contribution in [0.4, 0.5) is 5.82 Å². The number of aromatic nitrogens is 2. The Bertz CT molecular complexity index is 477. The molecule has 0 unspecified atom stereocenters. The lowest BCUT2D eigenvalue weighted by Gasteiger charge is -2.34. The predicted octanol–water partition coefficient (Wildman–Crippen LogP) is 0.659. The number of esters is 1. The van der Waals surface area contributed by atoms with Crippen LogP contribution in [0.2, 0.25) is 0 Å². The fourth-order valence-electron chi connectivity index (χ4n) is 2.81. The molecule has 0 bridgehead atoms. The quantitative estimate of drug-likeness (QED) is 0.818. The number of piperidine rings is 1. The highest BCUT2D eigenvalue weighted by Crippen LogP contribution is 2.18. The Morgan fingerprint density at radius 3 is 2.95 bits per heavy atom. The molecule has 2 aliphatic rings. The number of ether oxygens (including phenoxy) is 1. The summed E-state index contributed by atoms with van der Waals surface area (Å²) in [6.45, 7) is 4.33. The molecular weight excluding hydrogens is 256 g/mol. The molecule has 20 heavy (non-hydrogen) atoms. The first kappa shape index (κ1) is 13.3. The molecule has 2 saturated heterocycles. The number of rotatable bonds is 3. The SMILES string of the molecule is Cc1ccc(N2CCC[C@@H](N[C@@H]3CCOC3=O)C2)nn1. The molecule has 0 amide bonds. The molecule has 1 N–H and O–H groups in total. The first-order valence-corrected chi connectivity index (χ1v) is 7.20. The van der Waals surface area contributed by atoms with E-state index in [-0.39, 0.29) is 12.0 Å². The molecule has 2 atom stereocenters. The van der Waals surface area contributed by atoms with Gasteiger partial charge in [-0.3, -0.25) is 10.1 Å². The summed E-state index contributed by atoms with van der Waals surface area (Å²) in [7, 11) is 0. The number of nitrogens with one attached hydrogen (secondary N) is 1. The Kier molecular flexibility index (Phi) is 3.82. The Labute approximate surface area is 118 Å². The number of aryl methyl sites for hydroxylation is 1. The van der Waals surface area contributed by atoms with Crippen LogP contribution < -0.4 is 10.2 Å². The maximum atomic E-state index is 11.5. The lowest BCUT2D eigenvalue weighted by molar-refractivity contribution is -0.139. The second kappa shape index (κ2) is 5.75. The highest BCUT2D eigenvalue weighted by molar-refractivity contribution is 5.77. The van der Waals surface area contributed by atoms with Crippen molar-refractivity contribution >= 4 is 11.8 Å². The van der Waals surface area contributed by atoms with Crippen molar-refractivity contribution in [1.82, 2.24) is 15.5 Å². The normalized spacial score (nSPS) is 26.6.